The number of fused-ring (bicyclic) bond motifs is 1. The van der Waals surface area contributed by atoms with E-state index in [0.29, 0.717) is 10.8 Å². The van der Waals surface area contributed by atoms with Gasteiger partial charge in [-0.05, 0) is 36.5 Å². The Morgan fingerprint density at radius 2 is 1.88 bits per heavy atom. The number of H-pyrrole nitrogens is 2. The average molecular weight is 372 g/mol. The van der Waals surface area contributed by atoms with E-state index in [1.807, 2.05) is 0 Å². The Morgan fingerprint density at radius 3 is 2.54 bits per heavy atom. The van der Waals surface area contributed by atoms with Crippen molar-refractivity contribution in [3.63, 3.8) is 0 Å². The summed E-state index contributed by atoms with van der Waals surface area (Å²) in [5.74, 6) is 0.537. The molecule has 0 saturated heterocycles. The molecule has 26 heavy (non-hydrogen) atoms. The monoisotopic (exact) mass is 371 g/mol. The number of hydrogen-bond donors (Lipinski definition) is 2. The van der Waals surface area contributed by atoms with E-state index in [4.69, 9.17) is 16.6 Å². The summed E-state index contributed by atoms with van der Waals surface area (Å²) in [6, 6.07) is 0. The summed E-state index contributed by atoms with van der Waals surface area (Å²) >= 11 is 6.48. The smallest absolute Gasteiger partial charge is 0.207 e. The van der Waals surface area contributed by atoms with Crippen LogP contribution in [0.5, 0.6) is 0 Å². The number of halogens is 1. The van der Waals surface area contributed by atoms with E-state index in [1.165, 1.54) is 12.0 Å². The Morgan fingerprint density at radius 1 is 1.08 bits per heavy atom. The van der Waals surface area contributed by atoms with Crippen LogP contribution in [-0.2, 0) is 18.3 Å². The molecule has 0 aromatic carbocycles. The zero-order chi connectivity index (χ0) is 18.3. The maximum Gasteiger partial charge on any atom is 0.207 e. The normalized spacial score (nSPS) is 14.9. The fourth-order valence-corrected chi connectivity index (χ4v) is 3.86. The fourth-order valence-electron chi connectivity index (χ4n) is 3.67. The molecule has 0 radical (unpaired) electrons. The highest BCUT2D eigenvalue weighted by Crippen LogP contribution is 2.43. The Kier molecular flexibility index (Phi) is 4.26. The van der Waals surface area contributed by atoms with Gasteiger partial charge in [-0.3, -0.25) is 10.1 Å². The van der Waals surface area contributed by atoms with Gasteiger partial charge in [0.1, 0.15) is 0 Å². The number of nitrogens with one attached hydrogen (secondary N) is 2. The van der Waals surface area contributed by atoms with Crippen molar-refractivity contribution >= 4 is 11.6 Å². The third kappa shape index (κ3) is 2.90. The molecule has 0 unspecified atom stereocenters. The lowest BCUT2D eigenvalue weighted by atomic mass is 9.83. The summed E-state index contributed by atoms with van der Waals surface area (Å²) in [4.78, 5) is 5.10. The highest BCUT2D eigenvalue weighted by molar-refractivity contribution is 6.33. The van der Waals surface area contributed by atoms with Gasteiger partial charge in [-0.15, -0.1) is 10.2 Å². The lowest BCUT2D eigenvalue weighted by Gasteiger charge is -2.25. The molecule has 1 aliphatic rings. The van der Waals surface area contributed by atoms with Gasteiger partial charge in [0, 0.05) is 16.7 Å². The van der Waals surface area contributed by atoms with Crippen LogP contribution in [0.15, 0.2) is 6.20 Å². The largest absolute Gasteiger partial charge is 0.276 e. The molecule has 4 rings (SSSR count). The van der Waals surface area contributed by atoms with Crippen LogP contribution in [-0.4, -0.2) is 35.8 Å². The zero-order valence-electron chi connectivity index (χ0n) is 15.2. The van der Waals surface area contributed by atoms with Crippen LogP contribution in [0.3, 0.4) is 0 Å². The molecule has 0 amide bonds. The van der Waals surface area contributed by atoms with Crippen molar-refractivity contribution in [3.05, 3.63) is 28.2 Å². The van der Waals surface area contributed by atoms with Gasteiger partial charge >= 0.3 is 0 Å². The standard InChI is InChI=1S/C18H22ClN7/c1-18(2,3)16-14(17-23-25-26-24-17)13(15-11(19)9-20-22-15)10-7-5-4-6-8-12(10)21-16/h9H,4-8H2,1-3H3,(H,20,22)(H,23,24,25,26). The van der Waals surface area contributed by atoms with Gasteiger partial charge in [-0.1, -0.05) is 38.8 Å². The van der Waals surface area contributed by atoms with Crippen LogP contribution in [0.1, 0.15) is 57.0 Å². The summed E-state index contributed by atoms with van der Waals surface area (Å²) in [6.45, 7) is 6.46. The first-order valence-electron chi connectivity index (χ1n) is 8.96. The Labute approximate surface area is 157 Å². The minimum absolute atomic E-state index is 0.182. The van der Waals surface area contributed by atoms with Crippen LogP contribution in [0, 0.1) is 0 Å². The number of aryl methyl sites for hydroxylation is 1. The summed E-state index contributed by atoms with van der Waals surface area (Å²) in [7, 11) is 0. The number of rotatable bonds is 2. The van der Waals surface area contributed by atoms with E-state index in [1.54, 1.807) is 6.20 Å². The molecule has 8 heteroatoms. The van der Waals surface area contributed by atoms with E-state index < -0.39 is 0 Å². The number of aromatic nitrogens is 7. The third-order valence-electron chi connectivity index (χ3n) is 4.85. The highest BCUT2D eigenvalue weighted by atomic mass is 35.5. The number of pyridine rings is 1. The Balaban J connectivity index is 2.13. The summed E-state index contributed by atoms with van der Waals surface area (Å²) in [5.41, 5.74) is 5.86. The molecule has 0 aliphatic heterocycles. The van der Waals surface area contributed by atoms with Gasteiger partial charge < -0.3 is 0 Å². The van der Waals surface area contributed by atoms with Crippen LogP contribution in [0.4, 0.5) is 0 Å². The van der Waals surface area contributed by atoms with Crippen molar-refractivity contribution in [2.75, 3.05) is 0 Å². The Bertz CT molecular complexity index is 922. The minimum atomic E-state index is -0.182. The molecule has 0 fully saturated rings. The first-order valence-corrected chi connectivity index (χ1v) is 9.34. The summed E-state index contributed by atoms with van der Waals surface area (Å²) < 4.78 is 0. The SMILES string of the molecule is CC(C)(C)c1nc2c(c(-c3[nH]ncc3Cl)c1-c1nn[nH]n1)CCCCC2. The van der Waals surface area contributed by atoms with Crippen molar-refractivity contribution < 1.29 is 0 Å². The van der Waals surface area contributed by atoms with E-state index in [9.17, 15) is 0 Å². The van der Waals surface area contributed by atoms with Gasteiger partial charge in [-0.25, -0.2) is 0 Å². The third-order valence-corrected chi connectivity index (χ3v) is 5.13. The Hall–Kier alpha value is -2.28. The lowest BCUT2D eigenvalue weighted by Crippen LogP contribution is -2.19. The van der Waals surface area contributed by atoms with Gasteiger partial charge in [0.25, 0.3) is 0 Å². The molecule has 7 nitrogen and oxygen atoms in total. The van der Waals surface area contributed by atoms with Crippen LogP contribution in [0.25, 0.3) is 22.6 Å². The van der Waals surface area contributed by atoms with E-state index in [0.717, 1.165) is 53.9 Å². The van der Waals surface area contributed by atoms with Gasteiger partial charge in [0.05, 0.1) is 28.2 Å². The van der Waals surface area contributed by atoms with Crippen molar-refractivity contribution in [2.24, 2.45) is 0 Å². The number of hydrogen-bond acceptors (Lipinski definition) is 5. The highest BCUT2D eigenvalue weighted by Gasteiger charge is 2.31. The molecule has 0 saturated carbocycles. The predicted molar refractivity (Wildman–Crippen MR) is 100.0 cm³/mol. The number of nitrogens with zero attached hydrogens (tertiary/aromatic N) is 5. The quantitative estimate of drug-likeness (QED) is 0.666. The molecule has 3 aromatic heterocycles. The number of aromatic amines is 2. The van der Waals surface area contributed by atoms with Gasteiger partial charge in [0.15, 0.2) is 0 Å². The molecular formula is C18H22ClN7. The molecule has 1 aliphatic carbocycles. The summed E-state index contributed by atoms with van der Waals surface area (Å²) in [6.07, 6.45) is 7.06. The van der Waals surface area contributed by atoms with Crippen molar-refractivity contribution in [3.8, 4) is 22.6 Å². The molecule has 0 spiro atoms. The first kappa shape index (κ1) is 17.1. The second kappa shape index (κ2) is 6.46. The van der Waals surface area contributed by atoms with E-state index >= 15 is 0 Å². The molecule has 3 heterocycles. The lowest BCUT2D eigenvalue weighted by molar-refractivity contribution is 0.566. The average Bonchev–Trinajstić information content (AvgIpc) is 3.19. The first-order chi connectivity index (χ1) is 12.5. The van der Waals surface area contributed by atoms with Crippen LogP contribution < -0.4 is 0 Å². The molecule has 2 N–H and O–H groups in total. The molecular weight excluding hydrogens is 350 g/mol. The number of tetrazole rings is 1. The predicted octanol–water partition coefficient (Wildman–Crippen LogP) is 3.87. The molecule has 0 atom stereocenters. The fraction of sp³-hybridized carbons (Fsp3) is 0.500. The molecule has 3 aromatic rings. The van der Waals surface area contributed by atoms with Gasteiger partial charge in [0.2, 0.25) is 5.82 Å². The second-order valence-electron chi connectivity index (χ2n) is 7.77. The van der Waals surface area contributed by atoms with E-state index in [2.05, 4.69) is 51.6 Å². The van der Waals surface area contributed by atoms with Crippen molar-refractivity contribution in [1.29, 1.82) is 0 Å². The summed E-state index contributed by atoms with van der Waals surface area (Å²) in [5, 5.41) is 22.7. The topological polar surface area (TPSA) is 96.0 Å². The van der Waals surface area contributed by atoms with E-state index in [-0.39, 0.29) is 5.41 Å². The maximum atomic E-state index is 6.48. The van der Waals surface area contributed by atoms with Crippen molar-refractivity contribution in [1.82, 2.24) is 35.8 Å². The second-order valence-corrected chi connectivity index (χ2v) is 8.18. The maximum absolute atomic E-state index is 6.48. The van der Waals surface area contributed by atoms with Crippen molar-refractivity contribution in [2.45, 2.75) is 58.3 Å². The zero-order valence-corrected chi connectivity index (χ0v) is 16.0. The minimum Gasteiger partial charge on any atom is -0.276 e. The molecule has 136 valence electrons. The van der Waals surface area contributed by atoms with Crippen LogP contribution >= 0.6 is 11.6 Å². The van der Waals surface area contributed by atoms with Gasteiger partial charge in [-0.2, -0.15) is 10.3 Å². The van der Waals surface area contributed by atoms with Crippen LogP contribution in [0.2, 0.25) is 5.02 Å². The molecule has 0 bridgehead atoms.